The number of benzene rings is 1. The lowest BCUT2D eigenvalue weighted by molar-refractivity contribution is -0.385. The number of hydrogen-bond donors (Lipinski definition) is 1. The van der Waals surface area contributed by atoms with Gasteiger partial charge in [0.2, 0.25) is 5.88 Å². The van der Waals surface area contributed by atoms with Gasteiger partial charge in [0.25, 0.3) is 11.6 Å². The first kappa shape index (κ1) is 19.1. The fourth-order valence-corrected chi connectivity index (χ4v) is 2.13. The summed E-state index contributed by atoms with van der Waals surface area (Å²) in [7, 11) is 0. The standard InChI is InChI=1S/C17H19N3O6/c1-10-6-5-7-11(20(23)24)15(10)16(22)25-9-13(21)18-14-8-12(19-26-14)17(2,3)4/h5-8H,9H2,1-4H3,(H,18,21). The van der Waals surface area contributed by atoms with E-state index in [0.717, 1.165) is 0 Å². The van der Waals surface area contributed by atoms with Gasteiger partial charge in [-0.3, -0.25) is 20.2 Å². The highest BCUT2D eigenvalue weighted by Gasteiger charge is 2.24. The number of nitro groups is 1. The second-order valence-corrected chi connectivity index (χ2v) is 6.68. The lowest BCUT2D eigenvalue weighted by Gasteiger charge is -2.12. The van der Waals surface area contributed by atoms with Gasteiger partial charge in [0.15, 0.2) is 6.61 Å². The third kappa shape index (κ3) is 4.44. The van der Waals surface area contributed by atoms with E-state index in [-0.39, 0.29) is 22.6 Å². The first-order valence-corrected chi connectivity index (χ1v) is 7.78. The molecule has 1 amide bonds. The normalized spacial score (nSPS) is 11.1. The average Bonchev–Trinajstić information content (AvgIpc) is 3.01. The molecule has 0 aliphatic heterocycles. The maximum atomic E-state index is 12.1. The number of ether oxygens (including phenoxy) is 1. The molecule has 138 valence electrons. The monoisotopic (exact) mass is 361 g/mol. The van der Waals surface area contributed by atoms with Crippen molar-refractivity contribution in [3.05, 3.63) is 51.2 Å². The van der Waals surface area contributed by atoms with Gasteiger partial charge in [-0.2, -0.15) is 0 Å². The fraction of sp³-hybridized carbons (Fsp3) is 0.353. The molecule has 0 aliphatic carbocycles. The summed E-state index contributed by atoms with van der Waals surface area (Å²) in [5.41, 5.74) is 0.235. The zero-order valence-corrected chi connectivity index (χ0v) is 14.9. The van der Waals surface area contributed by atoms with E-state index in [9.17, 15) is 19.7 Å². The summed E-state index contributed by atoms with van der Waals surface area (Å²) >= 11 is 0. The van der Waals surface area contributed by atoms with Gasteiger partial charge in [-0.25, -0.2) is 4.79 Å². The quantitative estimate of drug-likeness (QED) is 0.493. The third-order valence-corrected chi connectivity index (χ3v) is 3.53. The highest BCUT2D eigenvalue weighted by molar-refractivity contribution is 5.98. The van der Waals surface area contributed by atoms with Gasteiger partial charge >= 0.3 is 5.97 Å². The van der Waals surface area contributed by atoms with Crippen LogP contribution in [0, 0.1) is 17.0 Å². The topological polar surface area (TPSA) is 125 Å². The van der Waals surface area contributed by atoms with Crippen LogP contribution in [0.4, 0.5) is 11.6 Å². The second kappa shape index (κ2) is 7.34. The molecule has 0 aliphatic rings. The summed E-state index contributed by atoms with van der Waals surface area (Å²) in [6, 6.07) is 5.79. The second-order valence-electron chi connectivity index (χ2n) is 6.68. The van der Waals surface area contributed by atoms with Crippen LogP contribution in [-0.2, 0) is 14.9 Å². The summed E-state index contributed by atoms with van der Waals surface area (Å²) in [6.45, 7) is 6.75. The van der Waals surface area contributed by atoms with Gasteiger partial charge < -0.3 is 9.26 Å². The minimum Gasteiger partial charge on any atom is -0.452 e. The molecule has 0 spiro atoms. The van der Waals surface area contributed by atoms with Crippen molar-refractivity contribution in [3.8, 4) is 0 Å². The Hall–Kier alpha value is -3.23. The van der Waals surface area contributed by atoms with Crippen molar-refractivity contribution in [1.82, 2.24) is 5.16 Å². The van der Waals surface area contributed by atoms with Crippen molar-refractivity contribution in [2.45, 2.75) is 33.1 Å². The number of nitrogens with one attached hydrogen (secondary N) is 1. The van der Waals surface area contributed by atoms with E-state index in [1.807, 2.05) is 20.8 Å². The number of rotatable bonds is 5. The summed E-state index contributed by atoms with van der Waals surface area (Å²) in [5.74, 6) is -1.47. The van der Waals surface area contributed by atoms with E-state index in [2.05, 4.69) is 10.5 Å². The van der Waals surface area contributed by atoms with Gasteiger partial charge in [0.05, 0.1) is 10.6 Å². The lowest BCUT2D eigenvalue weighted by atomic mass is 9.92. The highest BCUT2D eigenvalue weighted by atomic mass is 16.6. The number of hydrogen-bond acceptors (Lipinski definition) is 7. The van der Waals surface area contributed by atoms with Gasteiger partial charge in [-0.05, 0) is 12.5 Å². The minimum absolute atomic E-state index is 0.123. The Balaban J connectivity index is 2.01. The van der Waals surface area contributed by atoms with Gasteiger partial charge in [0.1, 0.15) is 5.56 Å². The predicted molar refractivity (Wildman–Crippen MR) is 91.9 cm³/mol. The van der Waals surface area contributed by atoms with E-state index in [4.69, 9.17) is 9.26 Å². The molecule has 0 atom stereocenters. The summed E-state index contributed by atoms with van der Waals surface area (Å²) in [6.07, 6.45) is 0. The Morgan fingerprint density at radius 1 is 1.35 bits per heavy atom. The van der Waals surface area contributed by atoms with Gasteiger partial charge in [-0.1, -0.05) is 38.1 Å². The van der Waals surface area contributed by atoms with Crippen LogP contribution in [0.5, 0.6) is 0 Å². The molecule has 1 heterocycles. The molecule has 0 unspecified atom stereocenters. The molecule has 0 fully saturated rings. The summed E-state index contributed by atoms with van der Waals surface area (Å²) in [5, 5.41) is 17.3. The SMILES string of the molecule is Cc1cccc([N+](=O)[O-])c1C(=O)OCC(=O)Nc1cc(C(C)(C)C)no1. The minimum atomic E-state index is -0.946. The van der Waals surface area contributed by atoms with Crippen LogP contribution in [0.25, 0.3) is 0 Å². The van der Waals surface area contributed by atoms with E-state index in [1.165, 1.54) is 12.1 Å². The van der Waals surface area contributed by atoms with Gasteiger partial charge in [0, 0.05) is 17.5 Å². The van der Waals surface area contributed by atoms with Crippen molar-refractivity contribution in [2.24, 2.45) is 0 Å². The number of anilines is 1. The van der Waals surface area contributed by atoms with Crippen LogP contribution in [-0.4, -0.2) is 28.6 Å². The molecule has 0 radical (unpaired) electrons. The molecule has 9 nitrogen and oxygen atoms in total. The Kier molecular flexibility index (Phi) is 5.39. The zero-order valence-electron chi connectivity index (χ0n) is 14.9. The van der Waals surface area contributed by atoms with E-state index >= 15 is 0 Å². The fourth-order valence-electron chi connectivity index (χ4n) is 2.13. The molecule has 2 aromatic rings. The number of carbonyl (C=O) groups excluding carboxylic acids is 2. The molecule has 1 N–H and O–H groups in total. The van der Waals surface area contributed by atoms with E-state index in [0.29, 0.717) is 11.3 Å². The predicted octanol–water partition coefficient (Wildman–Crippen LogP) is 2.98. The number of carbonyl (C=O) groups is 2. The Bertz CT molecular complexity index is 850. The first-order valence-electron chi connectivity index (χ1n) is 7.78. The molecule has 0 saturated carbocycles. The van der Waals surface area contributed by atoms with Crippen molar-refractivity contribution in [3.63, 3.8) is 0 Å². The van der Waals surface area contributed by atoms with Crippen LogP contribution >= 0.6 is 0 Å². The average molecular weight is 361 g/mol. The number of amides is 1. The van der Waals surface area contributed by atoms with Crippen molar-refractivity contribution >= 4 is 23.4 Å². The maximum Gasteiger partial charge on any atom is 0.345 e. The van der Waals surface area contributed by atoms with E-state index < -0.39 is 23.4 Å². The maximum absolute atomic E-state index is 12.1. The largest absolute Gasteiger partial charge is 0.452 e. The van der Waals surface area contributed by atoms with E-state index in [1.54, 1.807) is 19.1 Å². The Labute approximate surface area is 149 Å². The summed E-state index contributed by atoms with van der Waals surface area (Å²) in [4.78, 5) is 34.4. The molecule has 0 bridgehead atoms. The molecule has 26 heavy (non-hydrogen) atoms. The molecular formula is C17H19N3O6. The van der Waals surface area contributed by atoms with Gasteiger partial charge in [-0.15, -0.1) is 0 Å². The number of esters is 1. The molecule has 1 aromatic carbocycles. The van der Waals surface area contributed by atoms with Crippen molar-refractivity contribution < 1.29 is 23.8 Å². The van der Waals surface area contributed by atoms with Crippen LogP contribution in [0.3, 0.4) is 0 Å². The number of nitrogens with zero attached hydrogens (tertiary/aromatic N) is 2. The van der Waals surface area contributed by atoms with Crippen molar-refractivity contribution in [2.75, 3.05) is 11.9 Å². The smallest absolute Gasteiger partial charge is 0.345 e. The number of aryl methyl sites for hydroxylation is 1. The molecule has 2 rings (SSSR count). The lowest BCUT2D eigenvalue weighted by Crippen LogP contribution is -2.21. The molecular weight excluding hydrogens is 342 g/mol. The number of nitro benzene ring substituents is 1. The Morgan fingerprint density at radius 2 is 2.04 bits per heavy atom. The van der Waals surface area contributed by atoms with Crippen LogP contribution < -0.4 is 5.32 Å². The molecule has 1 aromatic heterocycles. The summed E-state index contributed by atoms with van der Waals surface area (Å²) < 4.78 is 9.90. The van der Waals surface area contributed by atoms with Crippen LogP contribution in [0.2, 0.25) is 0 Å². The Morgan fingerprint density at radius 3 is 2.62 bits per heavy atom. The molecule has 9 heteroatoms. The van der Waals surface area contributed by atoms with Crippen LogP contribution in [0.15, 0.2) is 28.8 Å². The first-order chi connectivity index (χ1) is 12.1. The number of aromatic nitrogens is 1. The van der Waals surface area contributed by atoms with Crippen LogP contribution in [0.1, 0.15) is 42.4 Å². The highest BCUT2D eigenvalue weighted by Crippen LogP contribution is 2.24. The molecule has 0 saturated heterocycles. The van der Waals surface area contributed by atoms with Crippen molar-refractivity contribution in [1.29, 1.82) is 0 Å². The zero-order chi connectivity index (χ0) is 19.5. The third-order valence-electron chi connectivity index (χ3n) is 3.53.